The number of hydrogen-bond acceptors (Lipinski definition) is 5. The molecule has 0 saturated carbocycles. The fraction of sp³-hybridized carbons (Fsp3) is 0.188. The Kier molecular flexibility index (Phi) is 5.11. The minimum atomic E-state index is -0.0364. The number of thioether (sulfide) groups is 1. The molecule has 0 aliphatic heterocycles. The first-order valence-electron chi connectivity index (χ1n) is 6.31. The van der Waals surface area contributed by atoms with E-state index < -0.39 is 0 Å². The number of phenols is 1. The van der Waals surface area contributed by atoms with Crippen molar-refractivity contribution in [1.82, 2.24) is 0 Å². The molecule has 0 unspecified atom stereocenters. The van der Waals surface area contributed by atoms with Crippen LogP contribution in [-0.4, -0.2) is 30.9 Å². The summed E-state index contributed by atoms with van der Waals surface area (Å²) in [6.07, 6.45) is 0. The van der Waals surface area contributed by atoms with Gasteiger partial charge >= 0.3 is 0 Å². The van der Waals surface area contributed by atoms with Crippen LogP contribution < -0.4 is 9.47 Å². The monoisotopic (exact) mass is 304 g/mol. The quantitative estimate of drug-likeness (QED) is 0.655. The summed E-state index contributed by atoms with van der Waals surface area (Å²) >= 11 is 1.41. The molecule has 0 bridgehead atoms. The van der Waals surface area contributed by atoms with Gasteiger partial charge in [-0.15, -0.1) is 11.8 Å². The summed E-state index contributed by atoms with van der Waals surface area (Å²) in [7, 11) is 3.15. The molecular formula is C16H16O4S. The molecule has 0 heterocycles. The molecule has 2 rings (SSSR count). The maximum Gasteiger partial charge on any atom is 0.173 e. The minimum Gasteiger partial charge on any atom is -0.508 e. The van der Waals surface area contributed by atoms with Crippen LogP contribution in [0.15, 0.2) is 47.4 Å². The highest BCUT2D eigenvalue weighted by atomic mass is 32.2. The van der Waals surface area contributed by atoms with Crippen LogP contribution in [0, 0.1) is 0 Å². The number of Topliss-reactive ketones (excluding diaryl/α,β-unsaturated/α-hetero) is 1. The van der Waals surface area contributed by atoms with E-state index in [0.717, 1.165) is 4.90 Å². The van der Waals surface area contributed by atoms with Crippen molar-refractivity contribution >= 4 is 17.5 Å². The van der Waals surface area contributed by atoms with Crippen molar-refractivity contribution in [3.63, 3.8) is 0 Å². The van der Waals surface area contributed by atoms with E-state index in [1.165, 1.54) is 23.9 Å². The van der Waals surface area contributed by atoms with E-state index in [9.17, 15) is 9.90 Å². The highest BCUT2D eigenvalue weighted by Gasteiger charge is 2.09. The molecule has 2 aromatic rings. The Morgan fingerprint density at radius 1 is 1.10 bits per heavy atom. The molecule has 1 N–H and O–H groups in total. The Bertz CT molecular complexity index is 640. The van der Waals surface area contributed by atoms with E-state index in [1.54, 1.807) is 32.4 Å². The second-order valence-electron chi connectivity index (χ2n) is 4.28. The second-order valence-corrected chi connectivity index (χ2v) is 5.33. The van der Waals surface area contributed by atoms with Crippen LogP contribution in [0.5, 0.6) is 17.2 Å². The Morgan fingerprint density at radius 2 is 1.86 bits per heavy atom. The topological polar surface area (TPSA) is 55.8 Å². The summed E-state index contributed by atoms with van der Waals surface area (Å²) in [4.78, 5) is 13.0. The van der Waals surface area contributed by atoms with Crippen molar-refractivity contribution in [3.05, 3.63) is 48.0 Å². The average Bonchev–Trinajstić information content (AvgIpc) is 2.52. The zero-order chi connectivity index (χ0) is 15.2. The van der Waals surface area contributed by atoms with Gasteiger partial charge in [0.05, 0.1) is 20.0 Å². The number of carbonyl (C=O) groups is 1. The zero-order valence-corrected chi connectivity index (χ0v) is 12.6. The van der Waals surface area contributed by atoms with Crippen molar-refractivity contribution in [2.45, 2.75) is 4.90 Å². The number of methoxy groups -OCH3 is 2. The third-order valence-electron chi connectivity index (χ3n) is 2.89. The van der Waals surface area contributed by atoms with Crippen LogP contribution in [0.3, 0.4) is 0 Å². The van der Waals surface area contributed by atoms with E-state index in [1.807, 2.05) is 12.1 Å². The highest BCUT2D eigenvalue weighted by molar-refractivity contribution is 8.00. The molecule has 0 atom stereocenters. The van der Waals surface area contributed by atoms with Gasteiger partial charge in [0.25, 0.3) is 0 Å². The van der Waals surface area contributed by atoms with Crippen molar-refractivity contribution in [2.75, 3.05) is 20.0 Å². The third-order valence-corrected chi connectivity index (χ3v) is 3.89. The molecule has 0 saturated heterocycles. The molecule has 0 amide bonds. The summed E-state index contributed by atoms with van der Waals surface area (Å²) in [5.41, 5.74) is 0.503. The minimum absolute atomic E-state index is 0.0364. The van der Waals surface area contributed by atoms with Crippen LogP contribution in [-0.2, 0) is 0 Å². The number of ether oxygens (including phenoxy) is 2. The molecule has 4 nitrogen and oxygen atoms in total. The first-order valence-corrected chi connectivity index (χ1v) is 7.29. The third kappa shape index (κ3) is 3.92. The van der Waals surface area contributed by atoms with E-state index in [4.69, 9.17) is 9.47 Å². The van der Waals surface area contributed by atoms with E-state index in [-0.39, 0.29) is 11.5 Å². The van der Waals surface area contributed by atoms with Gasteiger partial charge in [0.1, 0.15) is 5.75 Å². The summed E-state index contributed by atoms with van der Waals surface area (Å²) in [6.45, 7) is 0. The van der Waals surface area contributed by atoms with Crippen molar-refractivity contribution < 1.29 is 19.4 Å². The van der Waals surface area contributed by atoms with Gasteiger partial charge < -0.3 is 14.6 Å². The number of rotatable bonds is 6. The fourth-order valence-corrected chi connectivity index (χ4v) is 2.64. The van der Waals surface area contributed by atoms with Crippen LogP contribution in [0.2, 0.25) is 0 Å². The first-order chi connectivity index (χ1) is 10.1. The molecule has 0 spiro atoms. The SMILES string of the molecule is COc1ccc(SCC(=O)c2cccc(O)c2)cc1OC. The van der Waals surface area contributed by atoms with Gasteiger partial charge in [-0.1, -0.05) is 12.1 Å². The average molecular weight is 304 g/mol. The Hall–Kier alpha value is -2.14. The van der Waals surface area contributed by atoms with Crippen molar-refractivity contribution in [3.8, 4) is 17.2 Å². The van der Waals surface area contributed by atoms with Gasteiger partial charge in [-0.25, -0.2) is 0 Å². The Morgan fingerprint density at radius 3 is 2.52 bits per heavy atom. The second kappa shape index (κ2) is 7.04. The number of carbonyl (C=O) groups excluding carboxylic acids is 1. The molecular weight excluding hydrogens is 288 g/mol. The zero-order valence-electron chi connectivity index (χ0n) is 11.8. The fourth-order valence-electron chi connectivity index (χ4n) is 1.82. The Balaban J connectivity index is 2.04. The van der Waals surface area contributed by atoms with Gasteiger partial charge in [-0.3, -0.25) is 4.79 Å². The lowest BCUT2D eigenvalue weighted by Gasteiger charge is -2.09. The number of aromatic hydroxyl groups is 1. The number of phenolic OH excluding ortho intramolecular Hbond substituents is 1. The van der Waals surface area contributed by atoms with Crippen LogP contribution in [0.4, 0.5) is 0 Å². The molecule has 0 fully saturated rings. The van der Waals surface area contributed by atoms with Gasteiger partial charge in [0.15, 0.2) is 17.3 Å². The lowest BCUT2D eigenvalue weighted by atomic mass is 10.1. The van der Waals surface area contributed by atoms with E-state index in [2.05, 4.69) is 0 Å². The van der Waals surface area contributed by atoms with Gasteiger partial charge in [-0.2, -0.15) is 0 Å². The molecule has 0 aliphatic rings. The molecule has 0 aliphatic carbocycles. The summed E-state index contributed by atoms with van der Waals surface area (Å²) < 4.78 is 10.4. The van der Waals surface area contributed by atoms with Crippen LogP contribution in [0.25, 0.3) is 0 Å². The van der Waals surface area contributed by atoms with Crippen molar-refractivity contribution in [2.24, 2.45) is 0 Å². The summed E-state index contributed by atoms with van der Waals surface area (Å²) in [5, 5.41) is 9.38. The number of hydrogen-bond donors (Lipinski definition) is 1. The normalized spacial score (nSPS) is 10.2. The number of ketones is 1. The maximum atomic E-state index is 12.1. The Labute approximate surface area is 127 Å². The molecule has 21 heavy (non-hydrogen) atoms. The molecule has 2 aromatic carbocycles. The largest absolute Gasteiger partial charge is 0.508 e. The van der Waals surface area contributed by atoms with Gasteiger partial charge in [-0.05, 0) is 30.3 Å². The maximum absolute atomic E-state index is 12.1. The number of benzene rings is 2. The smallest absolute Gasteiger partial charge is 0.173 e. The summed E-state index contributed by atoms with van der Waals surface area (Å²) in [5.74, 6) is 1.63. The lowest BCUT2D eigenvalue weighted by molar-refractivity contribution is 0.102. The predicted octanol–water partition coefficient (Wildman–Crippen LogP) is 3.38. The first kappa shape index (κ1) is 15.3. The molecule has 0 radical (unpaired) electrons. The molecule has 110 valence electrons. The van der Waals surface area contributed by atoms with E-state index >= 15 is 0 Å². The van der Waals surface area contributed by atoms with Crippen molar-refractivity contribution in [1.29, 1.82) is 0 Å². The predicted molar refractivity (Wildman–Crippen MR) is 82.7 cm³/mol. The summed E-state index contributed by atoms with van der Waals surface area (Å²) in [6, 6.07) is 11.9. The van der Waals surface area contributed by atoms with Gasteiger partial charge in [0, 0.05) is 10.5 Å². The molecule has 5 heteroatoms. The van der Waals surface area contributed by atoms with Crippen LogP contribution >= 0.6 is 11.8 Å². The van der Waals surface area contributed by atoms with Gasteiger partial charge in [0.2, 0.25) is 0 Å². The van der Waals surface area contributed by atoms with E-state index in [0.29, 0.717) is 22.8 Å². The lowest BCUT2D eigenvalue weighted by Crippen LogP contribution is -2.01. The standard InChI is InChI=1S/C16H16O4S/c1-19-15-7-6-13(9-16(15)20-2)21-10-14(18)11-4-3-5-12(17)8-11/h3-9,17H,10H2,1-2H3. The van der Waals surface area contributed by atoms with Crippen LogP contribution in [0.1, 0.15) is 10.4 Å². The molecule has 0 aromatic heterocycles. The highest BCUT2D eigenvalue weighted by Crippen LogP contribution is 2.32.